The van der Waals surface area contributed by atoms with Gasteiger partial charge in [-0.25, -0.2) is 4.98 Å². The fourth-order valence-electron chi connectivity index (χ4n) is 1.83. The van der Waals surface area contributed by atoms with Crippen LogP contribution in [0.15, 0.2) is 18.1 Å². The van der Waals surface area contributed by atoms with Crippen LogP contribution in [-0.4, -0.2) is 23.3 Å². The molecule has 0 amide bonds. The highest BCUT2D eigenvalue weighted by Gasteiger charge is 2.49. The molecule has 1 aliphatic heterocycles. The lowest BCUT2D eigenvalue weighted by molar-refractivity contribution is 0.00578. The van der Waals surface area contributed by atoms with Gasteiger partial charge in [0.2, 0.25) is 0 Å². The van der Waals surface area contributed by atoms with Crippen molar-refractivity contribution < 1.29 is 9.31 Å². The summed E-state index contributed by atoms with van der Waals surface area (Å²) in [7, 11) is -0.394. The molecule has 5 nitrogen and oxygen atoms in total. The van der Waals surface area contributed by atoms with E-state index in [4.69, 9.17) is 20.8 Å². The summed E-state index contributed by atoms with van der Waals surface area (Å²) < 4.78 is 11.7. The van der Waals surface area contributed by atoms with Crippen LogP contribution in [-0.2, 0) is 9.31 Å². The number of hydrogen-bond donors (Lipinski definition) is 2. The minimum Gasteiger partial charge on any atom is -0.400 e. The van der Waals surface area contributed by atoms with E-state index >= 15 is 0 Å². The van der Waals surface area contributed by atoms with E-state index in [1.165, 1.54) is 0 Å². The van der Waals surface area contributed by atoms with Gasteiger partial charge in [0.1, 0.15) is 5.82 Å². The van der Waals surface area contributed by atoms with E-state index in [1.54, 1.807) is 18.2 Å². The maximum Gasteiger partial charge on any atom is 0.487 e. The molecular formula is C13H20BN3O2. The molecule has 1 aliphatic rings. The van der Waals surface area contributed by atoms with Crippen LogP contribution in [0, 0.1) is 0 Å². The Morgan fingerprint density at radius 3 is 2.21 bits per heavy atom. The molecule has 1 saturated heterocycles. The number of pyridine rings is 1. The highest BCUT2D eigenvalue weighted by Crippen LogP contribution is 2.36. The summed E-state index contributed by atoms with van der Waals surface area (Å²) in [6, 6.07) is 3.37. The normalized spacial score (nSPS) is 21.2. The third-order valence-electron chi connectivity index (χ3n) is 3.58. The van der Waals surface area contributed by atoms with Crippen molar-refractivity contribution in [2.75, 3.05) is 11.5 Å². The Morgan fingerprint density at radius 1 is 1.11 bits per heavy atom. The maximum atomic E-state index is 5.85. The molecule has 1 aromatic heterocycles. The quantitative estimate of drug-likeness (QED) is 0.794. The first-order valence-corrected chi connectivity index (χ1v) is 6.26. The number of nitrogens with zero attached hydrogens (tertiary/aromatic N) is 1. The van der Waals surface area contributed by atoms with Gasteiger partial charge in [0.25, 0.3) is 0 Å². The zero-order chi connectivity index (χ0) is 14.3. The molecule has 0 aliphatic carbocycles. The second-order valence-corrected chi connectivity index (χ2v) is 5.73. The lowest BCUT2D eigenvalue weighted by Gasteiger charge is -2.32. The van der Waals surface area contributed by atoms with Crippen molar-refractivity contribution in [3.05, 3.63) is 23.8 Å². The summed E-state index contributed by atoms with van der Waals surface area (Å²) in [5.74, 6) is 2.21. The van der Waals surface area contributed by atoms with Gasteiger partial charge in [0.05, 0.1) is 16.9 Å². The molecule has 0 aromatic carbocycles. The Labute approximate surface area is 114 Å². The Balaban J connectivity index is 2.12. The van der Waals surface area contributed by atoms with Crippen LogP contribution in [0.25, 0.3) is 6.08 Å². The van der Waals surface area contributed by atoms with Crippen molar-refractivity contribution in [1.82, 2.24) is 4.98 Å². The van der Waals surface area contributed by atoms with E-state index in [1.807, 2.05) is 33.7 Å². The number of rotatable bonds is 2. The number of hydrogen-bond acceptors (Lipinski definition) is 5. The molecule has 102 valence electrons. The van der Waals surface area contributed by atoms with Crippen molar-refractivity contribution in [2.45, 2.75) is 38.9 Å². The first kappa shape index (κ1) is 13.9. The summed E-state index contributed by atoms with van der Waals surface area (Å²) in [6.07, 6.45) is 1.80. The lowest BCUT2D eigenvalue weighted by Crippen LogP contribution is -2.41. The van der Waals surface area contributed by atoms with Gasteiger partial charge in [-0.05, 0) is 39.8 Å². The SMILES string of the molecule is CC1(C)OB(/C=C/c2cc(N)cc(N)n2)OC1(C)C. The molecule has 1 aromatic rings. The predicted octanol–water partition coefficient (Wildman–Crippen LogP) is 1.89. The van der Waals surface area contributed by atoms with Gasteiger partial charge in [0, 0.05) is 11.8 Å². The Hall–Kier alpha value is -1.53. The molecule has 0 atom stereocenters. The van der Waals surface area contributed by atoms with Crippen LogP contribution in [0.2, 0.25) is 0 Å². The maximum absolute atomic E-state index is 5.85. The largest absolute Gasteiger partial charge is 0.487 e. The average Bonchev–Trinajstić information content (AvgIpc) is 2.43. The van der Waals surface area contributed by atoms with E-state index in [0.717, 1.165) is 0 Å². The Kier molecular flexibility index (Phi) is 3.32. The van der Waals surface area contributed by atoms with Gasteiger partial charge < -0.3 is 20.8 Å². The molecule has 1 fully saturated rings. The monoisotopic (exact) mass is 261 g/mol. The van der Waals surface area contributed by atoms with Crippen LogP contribution in [0.3, 0.4) is 0 Å². The second-order valence-electron chi connectivity index (χ2n) is 5.73. The molecule has 4 N–H and O–H groups in total. The molecule has 0 saturated carbocycles. The topological polar surface area (TPSA) is 83.4 Å². The van der Waals surface area contributed by atoms with Crippen molar-refractivity contribution in [3.63, 3.8) is 0 Å². The van der Waals surface area contributed by atoms with Crippen molar-refractivity contribution in [3.8, 4) is 0 Å². The smallest absolute Gasteiger partial charge is 0.400 e. The highest BCUT2D eigenvalue weighted by molar-refractivity contribution is 6.52. The van der Waals surface area contributed by atoms with Gasteiger partial charge in [-0.3, -0.25) is 0 Å². The number of nitrogen functional groups attached to an aromatic ring is 2. The predicted molar refractivity (Wildman–Crippen MR) is 78.2 cm³/mol. The fraction of sp³-hybridized carbons (Fsp3) is 0.462. The molecule has 0 unspecified atom stereocenters. The van der Waals surface area contributed by atoms with Gasteiger partial charge in [-0.2, -0.15) is 0 Å². The minimum atomic E-state index is -0.394. The van der Waals surface area contributed by atoms with Gasteiger partial charge in [0.15, 0.2) is 0 Å². The van der Waals surface area contributed by atoms with Crippen molar-refractivity contribution in [1.29, 1.82) is 0 Å². The average molecular weight is 261 g/mol. The molecule has 0 spiro atoms. The summed E-state index contributed by atoms with van der Waals surface area (Å²) >= 11 is 0. The van der Waals surface area contributed by atoms with E-state index < -0.39 is 7.12 Å². The van der Waals surface area contributed by atoms with Crippen molar-refractivity contribution in [2.24, 2.45) is 0 Å². The Bertz CT molecular complexity index is 478. The van der Waals surface area contributed by atoms with Crippen LogP contribution in [0.4, 0.5) is 11.5 Å². The molecule has 19 heavy (non-hydrogen) atoms. The number of nitrogens with two attached hydrogens (primary N) is 2. The van der Waals surface area contributed by atoms with Crippen LogP contribution in [0.1, 0.15) is 33.4 Å². The molecule has 2 heterocycles. The highest BCUT2D eigenvalue weighted by atomic mass is 16.7. The van der Waals surface area contributed by atoms with Crippen LogP contribution in [0.5, 0.6) is 0 Å². The second kappa shape index (κ2) is 4.54. The van der Waals surface area contributed by atoms with Crippen LogP contribution >= 0.6 is 0 Å². The zero-order valence-corrected chi connectivity index (χ0v) is 11.8. The van der Waals surface area contributed by atoms with Gasteiger partial charge >= 0.3 is 7.12 Å². The van der Waals surface area contributed by atoms with Crippen molar-refractivity contribution >= 4 is 24.7 Å². The Morgan fingerprint density at radius 2 is 1.68 bits per heavy atom. The summed E-state index contributed by atoms with van der Waals surface area (Å²) in [6.45, 7) is 8.05. The number of aromatic nitrogens is 1. The van der Waals surface area contributed by atoms with E-state index in [0.29, 0.717) is 17.2 Å². The molecule has 2 rings (SSSR count). The molecule has 0 bridgehead atoms. The minimum absolute atomic E-state index is 0.343. The van der Waals surface area contributed by atoms with Gasteiger partial charge in [-0.1, -0.05) is 5.98 Å². The van der Waals surface area contributed by atoms with E-state index in [-0.39, 0.29) is 11.2 Å². The van der Waals surface area contributed by atoms with E-state index in [9.17, 15) is 0 Å². The summed E-state index contributed by atoms with van der Waals surface area (Å²) in [5.41, 5.74) is 11.9. The lowest BCUT2D eigenvalue weighted by atomic mass is 9.89. The fourth-order valence-corrected chi connectivity index (χ4v) is 1.83. The zero-order valence-electron chi connectivity index (χ0n) is 11.8. The molecular weight excluding hydrogens is 241 g/mol. The third kappa shape index (κ3) is 2.90. The standard InChI is InChI=1S/C13H20BN3O2/c1-12(2)13(3,4)19-14(18-12)6-5-10-7-9(15)8-11(16)17-10/h5-8H,1-4H3,(H4,15,16,17)/b6-5+. The third-order valence-corrected chi connectivity index (χ3v) is 3.58. The van der Waals surface area contributed by atoms with E-state index in [2.05, 4.69) is 4.98 Å². The van der Waals surface area contributed by atoms with Crippen LogP contribution < -0.4 is 11.5 Å². The summed E-state index contributed by atoms with van der Waals surface area (Å²) in [5, 5.41) is 0. The summed E-state index contributed by atoms with van der Waals surface area (Å²) in [4.78, 5) is 4.17. The molecule has 6 heteroatoms. The van der Waals surface area contributed by atoms with Gasteiger partial charge in [-0.15, -0.1) is 0 Å². The first-order chi connectivity index (χ1) is 8.69. The first-order valence-electron chi connectivity index (χ1n) is 6.26. The number of anilines is 2. The molecule has 0 radical (unpaired) electrons.